The number of aromatic nitrogens is 2. The Labute approximate surface area is 238 Å². The van der Waals surface area contributed by atoms with Crippen LogP contribution in [0.5, 0.6) is 5.75 Å². The molecule has 230 valence electrons. The Balaban J connectivity index is 1.78. The highest BCUT2D eigenvalue weighted by atomic mass is 31.2. The molecule has 1 fully saturated rings. The summed E-state index contributed by atoms with van der Waals surface area (Å²) in [5, 5.41) is 26.6. The first-order valence-electron chi connectivity index (χ1n) is 13.1. The molecule has 2 aromatic rings. The van der Waals surface area contributed by atoms with Crippen molar-refractivity contribution in [2.45, 2.75) is 70.1 Å². The molecule has 18 heteroatoms. The highest BCUT2D eigenvalue weighted by molar-refractivity contribution is 7.52. The fraction of sp³-hybridized carbons (Fsp3) is 0.542. The fourth-order valence-corrected chi connectivity index (χ4v) is 5.47. The Kier molecular flexibility index (Phi) is 11.8. The predicted octanol–water partition coefficient (Wildman–Crippen LogP) is 2.54. The van der Waals surface area contributed by atoms with Crippen molar-refractivity contribution in [2.24, 2.45) is 5.11 Å². The lowest BCUT2D eigenvalue weighted by Crippen LogP contribution is -2.39. The smallest absolute Gasteiger partial charge is 0.459 e. The van der Waals surface area contributed by atoms with Gasteiger partial charge in [-0.05, 0) is 36.1 Å². The van der Waals surface area contributed by atoms with E-state index in [1.807, 2.05) is 6.92 Å². The maximum absolute atomic E-state index is 14.3. The zero-order valence-electron chi connectivity index (χ0n) is 22.8. The van der Waals surface area contributed by atoms with Gasteiger partial charge in [0.05, 0.1) is 13.2 Å². The van der Waals surface area contributed by atoms with E-state index < -0.39 is 73.8 Å². The second-order valence-electron chi connectivity index (χ2n) is 9.28. The number of benzene rings is 1. The van der Waals surface area contributed by atoms with Gasteiger partial charge in [0.15, 0.2) is 12.0 Å². The summed E-state index contributed by atoms with van der Waals surface area (Å²) in [5.41, 5.74) is 5.97. The molecule has 0 amide bonds. The number of aliphatic hydroxyl groups is 2. The molecule has 1 saturated heterocycles. The number of rotatable bonds is 15. The van der Waals surface area contributed by atoms with Gasteiger partial charge in [0, 0.05) is 4.91 Å². The molecule has 1 aliphatic heterocycles. The summed E-state index contributed by atoms with van der Waals surface area (Å²) in [6.45, 7) is 2.86. The summed E-state index contributed by atoms with van der Waals surface area (Å²) in [6, 6.07) is 6.67. The largest absolute Gasteiger partial charge is 0.465 e. The second-order valence-corrected chi connectivity index (χ2v) is 11.0. The van der Waals surface area contributed by atoms with Crippen molar-refractivity contribution in [3.63, 3.8) is 0 Å². The molecule has 1 aromatic carbocycles. The molecule has 2 heterocycles. The molecule has 42 heavy (non-hydrogen) atoms. The van der Waals surface area contributed by atoms with Crippen LogP contribution in [-0.2, 0) is 23.4 Å². The molecule has 1 aromatic heterocycles. The topological polar surface area (TPSA) is 227 Å². The minimum absolute atomic E-state index is 0.105. The van der Waals surface area contributed by atoms with Crippen molar-refractivity contribution in [1.82, 2.24) is 14.6 Å². The van der Waals surface area contributed by atoms with Crippen molar-refractivity contribution in [2.75, 3.05) is 13.2 Å². The van der Waals surface area contributed by atoms with E-state index in [9.17, 15) is 33.6 Å². The summed E-state index contributed by atoms with van der Waals surface area (Å²) >= 11 is 0. The average Bonchev–Trinajstić information content (AvgIpc) is 3.23. The number of nitrogens with zero attached hydrogens (tertiary/aromatic N) is 4. The Morgan fingerprint density at radius 3 is 2.64 bits per heavy atom. The van der Waals surface area contributed by atoms with Crippen LogP contribution in [0, 0.1) is 5.82 Å². The Morgan fingerprint density at radius 1 is 1.26 bits per heavy atom. The third kappa shape index (κ3) is 8.26. The Morgan fingerprint density at radius 2 is 1.98 bits per heavy atom. The van der Waals surface area contributed by atoms with E-state index in [1.165, 1.54) is 19.1 Å². The minimum Gasteiger partial charge on any atom is -0.465 e. The summed E-state index contributed by atoms with van der Waals surface area (Å²) in [6.07, 6.45) is -3.53. The molecule has 0 spiro atoms. The molecule has 0 radical (unpaired) electrons. The molecule has 0 saturated carbocycles. The summed E-state index contributed by atoms with van der Waals surface area (Å²) < 4.78 is 50.1. The fourth-order valence-electron chi connectivity index (χ4n) is 3.96. The quantitative estimate of drug-likeness (QED) is 0.0569. The van der Waals surface area contributed by atoms with Crippen LogP contribution in [0.3, 0.4) is 0 Å². The van der Waals surface area contributed by atoms with Crippen LogP contribution in [0.1, 0.15) is 45.8 Å². The van der Waals surface area contributed by atoms with Gasteiger partial charge in [-0.1, -0.05) is 44.4 Å². The molecule has 3 rings (SSSR count). The highest BCUT2D eigenvalue weighted by Gasteiger charge is 2.46. The molecular weight excluding hydrogens is 582 g/mol. The zero-order chi connectivity index (χ0) is 30.9. The molecule has 1 aliphatic rings. The molecule has 6 atom stereocenters. The van der Waals surface area contributed by atoms with E-state index in [4.69, 9.17) is 24.1 Å². The van der Waals surface area contributed by atoms with Gasteiger partial charge in [0.1, 0.15) is 30.1 Å². The maximum Gasteiger partial charge on any atom is 0.459 e. The van der Waals surface area contributed by atoms with Crippen molar-refractivity contribution >= 4 is 19.5 Å². The Hall–Kier alpha value is -3.56. The first-order chi connectivity index (χ1) is 20.0. The molecule has 0 bridgehead atoms. The monoisotopic (exact) mass is 614 g/mol. The lowest BCUT2D eigenvalue weighted by atomic mass is 10.1. The summed E-state index contributed by atoms with van der Waals surface area (Å²) in [7, 11) is -4.40. The summed E-state index contributed by atoms with van der Waals surface area (Å²) in [5.74, 6) is -3.34. The molecule has 16 nitrogen and oxygen atoms in total. The number of carbonyl (C=O) groups is 1. The molecule has 0 aliphatic carbocycles. The lowest BCUT2D eigenvalue weighted by molar-refractivity contribution is -0.145. The van der Waals surface area contributed by atoms with E-state index in [0.717, 1.165) is 19.3 Å². The number of ether oxygens (including phenoxy) is 2. The SMILES string of the molecule is CCCCCCOC(=O)[C@H](C)NP(=O)(OC[C@H]1O[C@@H](n2c(N=[N+]=[N-])c(F)c(=O)[nH]c2=O)[C@H](O)[C@@H]1O)Oc1ccccc1. The van der Waals surface area contributed by atoms with Crippen LogP contribution in [0.4, 0.5) is 10.2 Å². The molecule has 4 N–H and O–H groups in total. The van der Waals surface area contributed by atoms with Crippen molar-refractivity contribution in [3.05, 3.63) is 67.4 Å². The second kappa shape index (κ2) is 15.1. The molecular formula is C24H32FN6O10P. The lowest BCUT2D eigenvalue weighted by Gasteiger charge is -2.24. The first-order valence-corrected chi connectivity index (χ1v) is 14.6. The number of azide groups is 1. The highest BCUT2D eigenvalue weighted by Crippen LogP contribution is 2.46. The number of carbonyl (C=O) groups excluding carboxylic acids is 1. The third-order valence-electron chi connectivity index (χ3n) is 6.12. The van der Waals surface area contributed by atoms with Crippen LogP contribution in [0.15, 0.2) is 45.0 Å². The van der Waals surface area contributed by atoms with Crippen LogP contribution in [0.25, 0.3) is 10.4 Å². The number of hydrogen-bond acceptors (Lipinski definition) is 11. The van der Waals surface area contributed by atoms with E-state index >= 15 is 0 Å². The number of H-pyrrole nitrogens is 1. The number of halogens is 1. The van der Waals surface area contributed by atoms with Crippen LogP contribution in [0.2, 0.25) is 0 Å². The van der Waals surface area contributed by atoms with Gasteiger partial charge in [0.2, 0.25) is 5.82 Å². The van der Waals surface area contributed by atoms with Crippen molar-refractivity contribution in [3.8, 4) is 5.75 Å². The first kappa shape index (κ1) is 32.9. The number of nitrogens with one attached hydrogen (secondary N) is 2. The van der Waals surface area contributed by atoms with E-state index in [-0.39, 0.29) is 12.4 Å². The standard InChI is InChI=1S/C24H32FN6O10P/c1-3-4-5-9-12-38-23(35)14(2)29-42(37,41-15-10-7-6-8-11-15)39-13-16-18(32)19(33)22(40-16)31-20(28-30-26)17(25)21(34)27-24(31)36/h6-8,10-11,14,16,18-19,22,32-33H,3-5,9,12-13H2,1-2H3,(H,29,37)(H,27,34,36)/t14-,16+,18+,19+,22+,42?/m0/s1. The van der Waals surface area contributed by atoms with Gasteiger partial charge in [-0.25, -0.2) is 9.36 Å². The number of aromatic amines is 1. The summed E-state index contributed by atoms with van der Waals surface area (Å²) in [4.78, 5) is 40.5. The maximum atomic E-state index is 14.3. The van der Waals surface area contributed by atoms with Crippen LogP contribution < -0.4 is 20.9 Å². The van der Waals surface area contributed by atoms with Crippen LogP contribution in [-0.4, -0.2) is 63.3 Å². The average molecular weight is 615 g/mol. The Bertz CT molecular complexity index is 1430. The van der Waals surface area contributed by atoms with E-state index in [1.54, 1.807) is 23.2 Å². The van der Waals surface area contributed by atoms with Gasteiger partial charge in [0.25, 0.3) is 5.56 Å². The predicted molar refractivity (Wildman–Crippen MR) is 144 cm³/mol. The minimum atomic E-state index is -4.40. The number of unbranched alkanes of at least 4 members (excludes halogenated alkanes) is 3. The number of aliphatic hydroxyl groups excluding tert-OH is 2. The van der Waals surface area contributed by atoms with E-state index in [0.29, 0.717) is 11.0 Å². The van der Waals surface area contributed by atoms with Gasteiger partial charge in [-0.3, -0.25) is 23.7 Å². The van der Waals surface area contributed by atoms with Gasteiger partial charge >= 0.3 is 19.4 Å². The molecule has 1 unspecified atom stereocenters. The number of hydrogen-bond donors (Lipinski definition) is 4. The number of para-hydroxylation sites is 1. The normalized spacial score (nSPS) is 22.1. The third-order valence-corrected chi connectivity index (χ3v) is 7.76. The van der Waals surface area contributed by atoms with Gasteiger partial charge in [-0.15, -0.1) is 0 Å². The van der Waals surface area contributed by atoms with Gasteiger partial charge < -0.3 is 24.2 Å². The van der Waals surface area contributed by atoms with E-state index in [2.05, 4.69) is 15.1 Å². The zero-order valence-corrected chi connectivity index (χ0v) is 23.7. The number of esters is 1. The van der Waals surface area contributed by atoms with Crippen molar-refractivity contribution in [1.29, 1.82) is 0 Å². The van der Waals surface area contributed by atoms with Crippen LogP contribution >= 0.6 is 7.75 Å². The van der Waals surface area contributed by atoms with Gasteiger partial charge in [-0.2, -0.15) is 9.48 Å². The van der Waals surface area contributed by atoms with Crippen molar-refractivity contribution < 1.29 is 42.5 Å².